The first-order chi connectivity index (χ1) is 24.8. The van der Waals surface area contributed by atoms with E-state index >= 15 is 0 Å². The summed E-state index contributed by atoms with van der Waals surface area (Å²) in [5.41, 5.74) is 13.9. The van der Waals surface area contributed by atoms with Crippen molar-refractivity contribution in [2.75, 3.05) is 32.0 Å². The van der Waals surface area contributed by atoms with E-state index in [0.717, 1.165) is 78.0 Å². The van der Waals surface area contributed by atoms with Crippen LogP contribution in [0.4, 0.5) is 5.69 Å². The second-order valence-corrected chi connectivity index (χ2v) is 12.6. The van der Waals surface area contributed by atoms with Gasteiger partial charge in [-0.25, -0.2) is 0 Å². The van der Waals surface area contributed by atoms with Gasteiger partial charge in [-0.3, -0.25) is 0 Å². The summed E-state index contributed by atoms with van der Waals surface area (Å²) in [5, 5.41) is 3.15. The van der Waals surface area contributed by atoms with Crippen LogP contribution in [0.3, 0.4) is 0 Å². The first-order valence-electron chi connectivity index (χ1n) is 18.9. The van der Waals surface area contributed by atoms with Crippen LogP contribution >= 0.6 is 0 Å². The molecule has 0 radical (unpaired) electrons. The number of H-pyrrole nitrogens is 1. The van der Waals surface area contributed by atoms with E-state index in [0.29, 0.717) is 13.0 Å². The maximum absolute atomic E-state index is 10.0. The number of benzene rings is 1. The van der Waals surface area contributed by atoms with Crippen LogP contribution < -0.4 is 11.1 Å². The van der Waals surface area contributed by atoms with E-state index in [-0.39, 0.29) is 0 Å². The van der Waals surface area contributed by atoms with Gasteiger partial charge in [0, 0.05) is 61.4 Å². The van der Waals surface area contributed by atoms with Gasteiger partial charge < -0.3 is 25.7 Å². The Morgan fingerprint density at radius 3 is 2.00 bits per heavy atom. The highest BCUT2D eigenvalue weighted by Crippen LogP contribution is 2.28. The summed E-state index contributed by atoms with van der Waals surface area (Å²) in [6.45, 7) is 40.6. The van der Waals surface area contributed by atoms with Gasteiger partial charge in [0.05, 0.1) is 0 Å². The lowest BCUT2D eigenvalue weighted by Gasteiger charge is -2.26. The number of rotatable bonds is 18. The van der Waals surface area contributed by atoms with Crippen LogP contribution in [0, 0.1) is 18.8 Å². The number of aromatic nitrogens is 1. The van der Waals surface area contributed by atoms with Crippen molar-refractivity contribution in [2.45, 2.75) is 94.4 Å². The minimum atomic E-state index is 0.425. The van der Waals surface area contributed by atoms with Crippen molar-refractivity contribution in [3.63, 3.8) is 0 Å². The van der Waals surface area contributed by atoms with E-state index in [1.807, 2.05) is 64.3 Å². The third kappa shape index (κ3) is 25.6. The Balaban J connectivity index is -0.000000708. The van der Waals surface area contributed by atoms with E-state index in [2.05, 4.69) is 120 Å². The largest absolute Gasteiger partial charge is 0.388 e. The molecule has 0 amide bonds. The Morgan fingerprint density at radius 1 is 1.02 bits per heavy atom. The van der Waals surface area contributed by atoms with Gasteiger partial charge in [-0.2, -0.15) is 0 Å². The number of nitrogens with one attached hydrogen (secondary N) is 2. The molecule has 0 aliphatic rings. The first-order valence-corrected chi connectivity index (χ1v) is 18.9. The van der Waals surface area contributed by atoms with Crippen LogP contribution in [-0.2, 0) is 4.79 Å². The van der Waals surface area contributed by atoms with E-state index in [1.54, 1.807) is 12.2 Å². The highest BCUT2D eigenvalue weighted by molar-refractivity contribution is 5.72. The van der Waals surface area contributed by atoms with Crippen LogP contribution in [0.2, 0.25) is 0 Å². The molecule has 4 N–H and O–H groups in total. The average molecular weight is 713 g/mol. The number of anilines is 1. The summed E-state index contributed by atoms with van der Waals surface area (Å²) in [6, 6.07) is 10.7. The molecule has 290 valence electrons. The second kappa shape index (κ2) is 35.1. The zero-order valence-electron chi connectivity index (χ0n) is 34.9. The number of allylic oxidation sites excluding steroid dienone is 8. The van der Waals surface area contributed by atoms with Crippen molar-refractivity contribution in [1.82, 2.24) is 9.88 Å². The predicted octanol–water partition coefficient (Wildman–Crippen LogP) is 12.9. The van der Waals surface area contributed by atoms with Gasteiger partial charge in [0.1, 0.15) is 6.29 Å². The van der Waals surface area contributed by atoms with Gasteiger partial charge in [0.2, 0.25) is 0 Å². The average Bonchev–Trinajstić information content (AvgIpc) is 3.52. The molecule has 2 aromatic rings. The standard InChI is InChI=1S/C21H29N3.C10H14O.C8H18.C5H9N.C3H6/c1-6-8-14-24(13-7-2)17(4)20-15-21(23-16(20)3)18-9-11-19(22-5)12-10-18;1-4-5-9(2)8-10(3)6-7-11;1-5-8(6-2)7(3)4;1-2-3-4-5-6;1-3-2/h6,9-12,15,22-23H,1,4,7-8,13-14H2,2-3,5H3;4-5,7-8H,3,6H2,1-2H3;7-8H,5-6H2,1-4H3;2-4H,1,5-6H2;3H,1H2,2H3/b;5-4-,9-8-;;4-3+;. The molecule has 0 aliphatic carbocycles. The lowest BCUT2D eigenvalue weighted by atomic mass is 9.91. The quantitative estimate of drug-likeness (QED) is 0.0817. The van der Waals surface area contributed by atoms with E-state index in [9.17, 15) is 4.79 Å². The summed E-state index contributed by atoms with van der Waals surface area (Å²) in [4.78, 5) is 15.9. The topological polar surface area (TPSA) is 74.2 Å². The van der Waals surface area contributed by atoms with Crippen LogP contribution in [0.5, 0.6) is 0 Å². The summed E-state index contributed by atoms with van der Waals surface area (Å²) in [5.74, 6) is 1.83. The summed E-state index contributed by atoms with van der Waals surface area (Å²) in [7, 11) is 1.93. The molecule has 0 spiro atoms. The molecule has 5 heteroatoms. The monoisotopic (exact) mass is 713 g/mol. The molecule has 5 nitrogen and oxygen atoms in total. The second-order valence-electron chi connectivity index (χ2n) is 12.6. The molecule has 0 atom stereocenters. The maximum Gasteiger partial charge on any atom is 0.124 e. The van der Waals surface area contributed by atoms with Crippen molar-refractivity contribution in [2.24, 2.45) is 17.6 Å². The van der Waals surface area contributed by atoms with Gasteiger partial charge in [-0.15, -0.1) is 13.2 Å². The smallest absolute Gasteiger partial charge is 0.124 e. The van der Waals surface area contributed by atoms with Crippen molar-refractivity contribution in [1.29, 1.82) is 0 Å². The number of carbonyl (C=O) groups is 1. The molecule has 1 aromatic carbocycles. The number of hydrogen-bond donors (Lipinski definition) is 3. The fourth-order valence-electron chi connectivity index (χ4n) is 5.10. The zero-order chi connectivity index (χ0) is 40.3. The molecule has 0 saturated heterocycles. The Morgan fingerprint density at radius 2 is 1.62 bits per heavy atom. The molecule has 0 aliphatic heterocycles. The number of nitrogens with zero attached hydrogens (tertiary/aromatic N) is 1. The third-order valence-electron chi connectivity index (χ3n) is 7.90. The fraction of sp³-hybridized carbons (Fsp3) is 0.426. The molecular weight excluding hydrogens is 637 g/mol. The van der Waals surface area contributed by atoms with Crippen molar-refractivity contribution in [3.8, 4) is 11.3 Å². The molecule has 1 aromatic heterocycles. The Bertz CT molecular complexity index is 1330. The number of nitrogens with two attached hydrogens (primary N) is 1. The van der Waals surface area contributed by atoms with Crippen molar-refractivity contribution < 1.29 is 4.79 Å². The van der Waals surface area contributed by atoms with Gasteiger partial charge in [0.25, 0.3) is 0 Å². The van der Waals surface area contributed by atoms with Gasteiger partial charge in [0.15, 0.2) is 0 Å². The van der Waals surface area contributed by atoms with Crippen LogP contribution in [0.15, 0.2) is 123 Å². The number of aldehydes is 1. The lowest BCUT2D eigenvalue weighted by Crippen LogP contribution is -2.23. The van der Waals surface area contributed by atoms with Crippen molar-refractivity contribution in [3.05, 3.63) is 134 Å². The molecule has 52 heavy (non-hydrogen) atoms. The summed E-state index contributed by atoms with van der Waals surface area (Å²) < 4.78 is 0. The highest BCUT2D eigenvalue weighted by Gasteiger charge is 2.14. The molecule has 0 fully saturated rings. The normalized spacial score (nSPS) is 10.4. The third-order valence-corrected chi connectivity index (χ3v) is 7.90. The highest BCUT2D eigenvalue weighted by atomic mass is 16.1. The zero-order valence-corrected chi connectivity index (χ0v) is 34.9. The van der Waals surface area contributed by atoms with Gasteiger partial charge >= 0.3 is 0 Å². The minimum absolute atomic E-state index is 0.425. The Hall–Kier alpha value is -4.35. The maximum atomic E-state index is 10.0. The molecule has 0 unspecified atom stereocenters. The summed E-state index contributed by atoms with van der Waals surface area (Å²) in [6.07, 6.45) is 21.0. The molecular formula is C47H76N4O. The molecule has 0 saturated carbocycles. The van der Waals surface area contributed by atoms with E-state index in [4.69, 9.17) is 5.73 Å². The number of carbonyl (C=O) groups excluding carboxylic acids is 1. The van der Waals surface area contributed by atoms with Gasteiger partial charge in [-0.05, 0) is 81.7 Å². The first kappa shape index (κ1) is 52.0. The van der Waals surface area contributed by atoms with E-state index < -0.39 is 0 Å². The van der Waals surface area contributed by atoms with Crippen LogP contribution in [0.1, 0.15) is 98.8 Å². The number of hydrogen-bond acceptors (Lipinski definition) is 4. The summed E-state index contributed by atoms with van der Waals surface area (Å²) >= 11 is 0. The van der Waals surface area contributed by atoms with E-state index in [1.165, 1.54) is 24.0 Å². The Labute approximate surface area is 321 Å². The molecule has 1 heterocycles. The van der Waals surface area contributed by atoms with Crippen LogP contribution in [0.25, 0.3) is 17.0 Å². The van der Waals surface area contributed by atoms with Crippen molar-refractivity contribution >= 4 is 17.7 Å². The molecule has 2 rings (SSSR count). The molecule has 0 bridgehead atoms. The fourth-order valence-corrected chi connectivity index (χ4v) is 5.10. The van der Waals surface area contributed by atoms with Crippen LogP contribution in [-0.4, -0.2) is 42.9 Å². The van der Waals surface area contributed by atoms with Gasteiger partial charge in [-0.1, -0.05) is 134 Å². The minimum Gasteiger partial charge on any atom is -0.388 e. The number of aromatic amines is 1. The SMILES string of the molecule is C=C(/C=C(C)\C=C/C)CC=O.C=C/C=C/CN.C=CC.C=CCCN(CCC)C(=C)c1cc(-c2ccc(NC)cc2)[nH]c1C.CCC(CC)C(C)C. The number of aryl methyl sites for hydroxylation is 1. The lowest BCUT2D eigenvalue weighted by molar-refractivity contribution is -0.107. The predicted molar refractivity (Wildman–Crippen MR) is 238 cm³/mol. The Kier molecular flexibility index (Phi) is 35.1.